The van der Waals surface area contributed by atoms with Crippen molar-refractivity contribution in [2.75, 3.05) is 6.61 Å². The second-order valence-corrected chi connectivity index (χ2v) is 4.59. The summed E-state index contributed by atoms with van der Waals surface area (Å²) in [7, 11) is 0. The highest BCUT2D eigenvalue weighted by Gasteiger charge is 2.17. The van der Waals surface area contributed by atoms with Crippen molar-refractivity contribution in [2.24, 2.45) is 0 Å². The first kappa shape index (κ1) is 15.4. The second kappa shape index (κ2) is 7.04. The monoisotopic (exact) mass is 386 g/mol. The van der Waals surface area contributed by atoms with Gasteiger partial charge in [-0.3, -0.25) is 0 Å². The molecule has 0 radical (unpaired) electrons. The minimum absolute atomic E-state index is 0.0156. The summed E-state index contributed by atoms with van der Waals surface area (Å²) in [5.74, 6) is -0.503. The smallest absolute Gasteiger partial charge is 0.387 e. The van der Waals surface area contributed by atoms with Gasteiger partial charge in [-0.15, -0.1) is 0 Å². The summed E-state index contributed by atoms with van der Waals surface area (Å²) in [6.45, 7) is -0.987. The van der Waals surface area contributed by atoms with Gasteiger partial charge in [-0.25, -0.2) is 4.79 Å². The standard InChI is InChI=1S/C11H10Br2F2O3/c1-2-17-10(16)7-3-6(5-12)9(4-8(7)13)18-11(14)15/h3-4,11H,2,5H2,1H3. The minimum Gasteiger partial charge on any atom is -0.462 e. The van der Waals surface area contributed by atoms with Crippen molar-refractivity contribution in [3.63, 3.8) is 0 Å². The fourth-order valence-corrected chi connectivity index (χ4v) is 2.20. The maximum atomic E-state index is 12.2. The maximum absolute atomic E-state index is 12.2. The van der Waals surface area contributed by atoms with Crippen LogP contribution in [-0.2, 0) is 10.1 Å². The summed E-state index contributed by atoms with van der Waals surface area (Å²) in [6, 6.07) is 2.78. The number of rotatable bonds is 5. The van der Waals surface area contributed by atoms with Gasteiger partial charge in [0.05, 0.1) is 12.2 Å². The lowest BCUT2D eigenvalue weighted by atomic mass is 10.1. The molecule has 0 spiro atoms. The maximum Gasteiger partial charge on any atom is 0.387 e. The van der Waals surface area contributed by atoms with Crippen LogP contribution in [0.15, 0.2) is 16.6 Å². The van der Waals surface area contributed by atoms with Crippen LogP contribution < -0.4 is 4.74 Å². The zero-order valence-electron chi connectivity index (χ0n) is 9.38. The predicted molar refractivity (Wildman–Crippen MR) is 69.4 cm³/mol. The number of alkyl halides is 3. The summed E-state index contributed by atoms with van der Waals surface area (Å²) in [5.41, 5.74) is 0.717. The van der Waals surface area contributed by atoms with E-state index in [-0.39, 0.29) is 23.2 Å². The summed E-state index contributed by atoms with van der Waals surface area (Å²) in [4.78, 5) is 11.6. The van der Waals surface area contributed by atoms with Crippen LogP contribution in [0.4, 0.5) is 8.78 Å². The third kappa shape index (κ3) is 3.91. The molecule has 100 valence electrons. The van der Waals surface area contributed by atoms with E-state index in [1.54, 1.807) is 6.92 Å². The Morgan fingerprint density at radius 2 is 2.11 bits per heavy atom. The molecule has 7 heteroatoms. The number of carbonyl (C=O) groups excluding carboxylic acids is 1. The SMILES string of the molecule is CCOC(=O)c1cc(CBr)c(OC(F)F)cc1Br. The number of ether oxygens (including phenoxy) is 2. The lowest BCUT2D eigenvalue weighted by Gasteiger charge is -2.12. The van der Waals surface area contributed by atoms with Gasteiger partial charge in [-0.1, -0.05) is 15.9 Å². The van der Waals surface area contributed by atoms with Gasteiger partial charge in [0.15, 0.2) is 0 Å². The number of hydrogen-bond donors (Lipinski definition) is 0. The van der Waals surface area contributed by atoms with E-state index in [9.17, 15) is 13.6 Å². The fraction of sp³-hybridized carbons (Fsp3) is 0.364. The number of halogens is 4. The molecule has 0 aromatic heterocycles. The van der Waals surface area contributed by atoms with Gasteiger partial charge < -0.3 is 9.47 Å². The Hall–Kier alpha value is -0.690. The Morgan fingerprint density at radius 1 is 1.44 bits per heavy atom. The van der Waals surface area contributed by atoms with Crippen molar-refractivity contribution in [3.05, 3.63) is 27.7 Å². The van der Waals surface area contributed by atoms with Gasteiger partial charge in [-0.2, -0.15) is 8.78 Å². The zero-order valence-corrected chi connectivity index (χ0v) is 12.6. The van der Waals surface area contributed by atoms with Crippen LogP contribution in [0.25, 0.3) is 0 Å². The highest BCUT2D eigenvalue weighted by atomic mass is 79.9. The Bertz CT molecular complexity index is 439. The number of benzene rings is 1. The van der Waals surface area contributed by atoms with Gasteiger partial charge in [-0.05, 0) is 35.0 Å². The third-order valence-electron chi connectivity index (χ3n) is 2.01. The molecule has 0 heterocycles. The van der Waals surface area contributed by atoms with Crippen molar-refractivity contribution in [1.29, 1.82) is 0 Å². The van der Waals surface area contributed by atoms with Crippen LogP contribution >= 0.6 is 31.9 Å². The quantitative estimate of drug-likeness (QED) is 0.563. The molecule has 0 aliphatic heterocycles. The van der Waals surface area contributed by atoms with Crippen LogP contribution in [0.3, 0.4) is 0 Å². The molecule has 0 atom stereocenters. The number of carbonyl (C=O) groups is 1. The van der Waals surface area contributed by atoms with E-state index in [2.05, 4.69) is 36.6 Å². The van der Waals surface area contributed by atoms with Crippen LogP contribution in [-0.4, -0.2) is 19.2 Å². The van der Waals surface area contributed by atoms with E-state index in [0.29, 0.717) is 10.0 Å². The molecule has 0 aliphatic rings. The van der Waals surface area contributed by atoms with Crippen molar-refractivity contribution >= 4 is 37.8 Å². The summed E-state index contributed by atoms with van der Waals surface area (Å²) in [6.07, 6.45) is 0. The molecular formula is C11H10Br2F2O3. The van der Waals surface area contributed by atoms with Gasteiger partial charge >= 0.3 is 12.6 Å². The van der Waals surface area contributed by atoms with Crippen LogP contribution in [0.1, 0.15) is 22.8 Å². The molecule has 0 aliphatic carbocycles. The zero-order chi connectivity index (χ0) is 13.7. The van der Waals surface area contributed by atoms with E-state index in [0.717, 1.165) is 0 Å². The van der Waals surface area contributed by atoms with Crippen LogP contribution in [0, 0.1) is 0 Å². The average Bonchev–Trinajstić information content (AvgIpc) is 2.28. The summed E-state index contributed by atoms with van der Waals surface area (Å²) >= 11 is 6.28. The van der Waals surface area contributed by atoms with Crippen molar-refractivity contribution in [2.45, 2.75) is 18.9 Å². The number of hydrogen-bond acceptors (Lipinski definition) is 3. The highest BCUT2D eigenvalue weighted by molar-refractivity contribution is 9.10. The van der Waals surface area contributed by atoms with Gasteiger partial charge in [0.1, 0.15) is 5.75 Å². The molecular weight excluding hydrogens is 378 g/mol. The minimum atomic E-state index is -2.91. The summed E-state index contributed by atoms with van der Waals surface area (Å²) < 4.78 is 34.0. The molecule has 0 bridgehead atoms. The van der Waals surface area contributed by atoms with E-state index < -0.39 is 12.6 Å². The van der Waals surface area contributed by atoms with E-state index in [1.165, 1.54) is 12.1 Å². The average molecular weight is 388 g/mol. The van der Waals surface area contributed by atoms with Crippen LogP contribution in [0.5, 0.6) is 5.75 Å². The molecule has 3 nitrogen and oxygen atoms in total. The Labute approximate surface area is 120 Å². The molecule has 0 fully saturated rings. The van der Waals surface area contributed by atoms with E-state index in [1.807, 2.05) is 0 Å². The predicted octanol–water partition coefficient (Wildman–Crippen LogP) is 4.12. The molecule has 1 aromatic carbocycles. The molecule has 0 amide bonds. The topological polar surface area (TPSA) is 35.5 Å². The Balaban J connectivity index is 3.13. The molecule has 0 saturated carbocycles. The number of esters is 1. The van der Waals surface area contributed by atoms with Crippen LogP contribution in [0.2, 0.25) is 0 Å². The van der Waals surface area contributed by atoms with Gasteiger partial charge in [0.2, 0.25) is 0 Å². The van der Waals surface area contributed by atoms with Crippen molar-refractivity contribution < 1.29 is 23.0 Å². The fourth-order valence-electron chi connectivity index (χ4n) is 1.28. The molecule has 0 saturated heterocycles. The Morgan fingerprint density at radius 3 is 2.61 bits per heavy atom. The Kier molecular flexibility index (Phi) is 6.01. The van der Waals surface area contributed by atoms with E-state index in [4.69, 9.17) is 4.74 Å². The molecule has 0 N–H and O–H groups in total. The van der Waals surface area contributed by atoms with Gasteiger partial charge in [0.25, 0.3) is 0 Å². The first-order valence-corrected chi connectivity index (χ1v) is 6.91. The molecule has 1 aromatic rings. The first-order valence-electron chi connectivity index (χ1n) is 4.99. The normalized spacial score (nSPS) is 10.6. The molecule has 1 rings (SSSR count). The lowest BCUT2D eigenvalue weighted by molar-refractivity contribution is -0.0503. The van der Waals surface area contributed by atoms with Crippen molar-refractivity contribution in [1.82, 2.24) is 0 Å². The third-order valence-corrected chi connectivity index (χ3v) is 3.27. The van der Waals surface area contributed by atoms with Gasteiger partial charge in [0, 0.05) is 15.4 Å². The summed E-state index contributed by atoms with van der Waals surface area (Å²) in [5, 5.41) is 0.286. The lowest BCUT2D eigenvalue weighted by Crippen LogP contribution is -2.09. The molecule has 18 heavy (non-hydrogen) atoms. The highest BCUT2D eigenvalue weighted by Crippen LogP contribution is 2.30. The first-order chi connectivity index (χ1) is 8.49. The van der Waals surface area contributed by atoms with E-state index >= 15 is 0 Å². The molecule has 0 unspecified atom stereocenters. The van der Waals surface area contributed by atoms with Crippen molar-refractivity contribution in [3.8, 4) is 5.75 Å². The largest absolute Gasteiger partial charge is 0.462 e. The second-order valence-electron chi connectivity index (χ2n) is 3.17.